The molecule has 0 fully saturated rings. The lowest BCUT2D eigenvalue weighted by Gasteiger charge is -2.13. The van der Waals surface area contributed by atoms with E-state index in [0.717, 1.165) is 18.5 Å². The Kier molecular flexibility index (Phi) is 4.34. The summed E-state index contributed by atoms with van der Waals surface area (Å²) >= 11 is 0. The summed E-state index contributed by atoms with van der Waals surface area (Å²) < 4.78 is 37.6. The third-order valence-corrected chi connectivity index (χ3v) is 2.88. The van der Waals surface area contributed by atoms with Gasteiger partial charge in [-0.15, -0.1) is 0 Å². The SMILES string of the molecule is CN(C)c1ncnc(Nc2ccc(C(F)(F)F)cc2)c1[N+](=O)[O-]. The van der Waals surface area contributed by atoms with Crippen molar-refractivity contribution in [2.75, 3.05) is 24.3 Å². The second-order valence-electron chi connectivity index (χ2n) is 4.75. The molecule has 2 rings (SSSR count). The van der Waals surface area contributed by atoms with Crippen LogP contribution in [0.3, 0.4) is 0 Å². The van der Waals surface area contributed by atoms with Crippen molar-refractivity contribution < 1.29 is 18.1 Å². The Morgan fingerprint density at radius 3 is 2.26 bits per heavy atom. The van der Waals surface area contributed by atoms with Crippen LogP contribution in [-0.2, 0) is 6.18 Å². The lowest BCUT2D eigenvalue weighted by Crippen LogP contribution is -2.14. The van der Waals surface area contributed by atoms with Gasteiger partial charge in [-0.1, -0.05) is 0 Å². The number of nitrogens with one attached hydrogen (secondary N) is 1. The minimum Gasteiger partial charge on any atom is -0.357 e. The number of alkyl halides is 3. The number of hydrogen-bond acceptors (Lipinski definition) is 6. The monoisotopic (exact) mass is 327 g/mol. The Hall–Kier alpha value is -2.91. The summed E-state index contributed by atoms with van der Waals surface area (Å²) in [7, 11) is 3.16. The molecule has 0 unspecified atom stereocenters. The van der Waals surface area contributed by atoms with E-state index < -0.39 is 16.7 Å². The van der Waals surface area contributed by atoms with Crippen LogP contribution in [0.5, 0.6) is 0 Å². The number of anilines is 3. The Balaban J connectivity index is 2.37. The van der Waals surface area contributed by atoms with Crippen molar-refractivity contribution in [2.45, 2.75) is 6.18 Å². The molecule has 0 atom stereocenters. The normalized spacial score (nSPS) is 11.2. The van der Waals surface area contributed by atoms with Crippen LogP contribution in [0.15, 0.2) is 30.6 Å². The first-order chi connectivity index (χ1) is 10.7. The molecule has 0 aliphatic heterocycles. The first kappa shape index (κ1) is 16.5. The third kappa shape index (κ3) is 3.65. The summed E-state index contributed by atoms with van der Waals surface area (Å²) in [6.45, 7) is 0. The summed E-state index contributed by atoms with van der Waals surface area (Å²) in [4.78, 5) is 19.7. The maximum atomic E-state index is 12.5. The Morgan fingerprint density at radius 1 is 1.17 bits per heavy atom. The largest absolute Gasteiger partial charge is 0.416 e. The van der Waals surface area contributed by atoms with Gasteiger partial charge in [0.1, 0.15) is 6.33 Å². The van der Waals surface area contributed by atoms with Gasteiger partial charge in [0.15, 0.2) is 0 Å². The Bertz CT molecular complexity index is 717. The fourth-order valence-corrected chi connectivity index (χ4v) is 1.84. The van der Waals surface area contributed by atoms with Crippen LogP contribution in [0.2, 0.25) is 0 Å². The van der Waals surface area contributed by atoms with E-state index in [-0.39, 0.29) is 23.0 Å². The molecular formula is C13H12F3N5O2. The predicted octanol–water partition coefficient (Wildman–Crippen LogP) is 3.21. The van der Waals surface area contributed by atoms with Crippen LogP contribution < -0.4 is 10.2 Å². The molecule has 23 heavy (non-hydrogen) atoms. The van der Waals surface area contributed by atoms with Crippen molar-refractivity contribution in [1.82, 2.24) is 9.97 Å². The molecule has 0 radical (unpaired) electrons. The van der Waals surface area contributed by atoms with Gasteiger partial charge >= 0.3 is 11.9 Å². The number of aromatic nitrogens is 2. The standard InChI is InChI=1S/C13H12F3N5O2/c1-20(2)12-10(21(22)23)11(17-7-18-12)19-9-5-3-8(4-6-9)13(14,15)16/h3-7H,1-2H3,(H,17,18,19). The van der Waals surface area contributed by atoms with E-state index in [4.69, 9.17) is 0 Å². The second kappa shape index (κ2) is 6.07. The number of halogens is 3. The summed E-state index contributed by atoms with van der Waals surface area (Å²) in [6, 6.07) is 4.10. The van der Waals surface area contributed by atoms with Gasteiger partial charge in [0.2, 0.25) is 11.6 Å². The van der Waals surface area contributed by atoms with Crippen LogP contribution >= 0.6 is 0 Å². The maximum absolute atomic E-state index is 12.5. The highest BCUT2D eigenvalue weighted by molar-refractivity contribution is 5.74. The smallest absolute Gasteiger partial charge is 0.357 e. The van der Waals surface area contributed by atoms with Crippen molar-refractivity contribution in [3.05, 3.63) is 46.3 Å². The van der Waals surface area contributed by atoms with E-state index in [0.29, 0.717) is 0 Å². The minimum absolute atomic E-state index is 0.0828. The molecule has 1 heterocycles. The molecule has 0 bridgehead atoms. The van der Waals surface area contributed by atoms with Crippen molar-refractivity contribution in [1.29, 1.82) is 0 Å². The molecule has 10 heteroatoms. The van der Waals surface area contributed by atoms with Crippen molar-refractivity contribution in [3.8, 4) is 0 Å². The number of nitro groups is 1. The highest BCUT2D eigenvalue weighted by atomic mass is 19.4. The molecule has 0 spiro atoms. The molecule has 2 aromatic rings. The molecule has 1 aromatic heterocycles. The Morgan fingerprint density at radius 2 is 1.78 bits per heavy atom. The Labute approximate surface area is 128 Å². The van der Waals surface area contributed by atoms with Gasteiger partial charge in [0, 0.05) is 19.8 Å². The highest BCUT2D eigenvalue weighted by Gasteiger charge is 2.30. The van der Waals surface area contributed by atoms with Crippen molar-refractivity contribution in [3.63, 3.8) is 0 Å². The molecule has 0 saturated heterocycles. The lowest BCUT2D eigenvalue weighted by molar-refractivity contribution is -0.383. The van der Waals surface area contributed by atoms with Crippen molar-refractivity contribution in [2.24, 2.45) is 0 Å². The van der Waals surface area contributed by atoms with Gasteiger partial charge in [-0.05, 0) is 24.3 Å². The first-order valence-electron chi connectivity index (χ1n) is 6.31. The summed E-state index contributed by atoms with van der Waals surface area (Å²) in [5.41, 5.74) is -0.934. The first-order valence-corrected chi connectivity index (χ1v) is 6.31. The molecule has 122 valence electrons. The minimum atomic E-state index is -4.45. The molecule has 0 saturated carbocycles. The molecular weight excluding hydrogens is 315 g/mol. The van der Waals surface area contributed by atoms with E-state index >= 15 is 0 Å². The second-order valence-corrected chi connectivity index (χ2v) is 4.75. The van der Waals surface area contributed by atoms with Crippen LogP contribution in [0, 0.1) is 10.1 Å². The zero-order chi connectivity index (χ0) is 17.2. The number of nitrogens with zero attached hydrogens (tertiary/aromatic N) is 4. The van der Waals surface area contributed by atoms with E-state index in [9.17, 15) is 23.3 Å². The van der Waals surface area contributed by atoms with E-state index in [2.05, 4.69) is 15.3 Å². The van der Waals surface area contributed by atoms with Crippen LogP contribution in [0.25, 0.3) is 0 Å². The predicted molar refractivity (Wildman–Crippen MR) is 77.7 cm³/mol. The molecule has 0 aliphatic rings. The molecule has 0 amide bonds. The molecule has 7 nitrogen and oxygen atoms in total. The van der Waals surface area contributed by atoms with Gasteiger partial charge in [0.25, 0.3) is 0 Å². The molecule has 1 N–H and O–H groups in total. The van der Waals surface area contributed by atoms with Crippen LogP contribution in [0.1, 0.15) is 5.56 Å². The summed E-state index contributed by atoms with van der Waals surface area (Å²) in [5, 5.41) is 13.9. The molecule has 1 aromatic carbocycles. The van der Waals surface area contributed by atoms with Crippen molar-refractivity contribution >= 4 is 23.0 Å². The van der Waals surface area contributed by atoms with Gasteiger partial charge in [-0.2, -0.15) is 13.2 Å². The zero-order valence-corrected chi connectivity index (χ0v) is 12.1. The maximum Gasteiger partial charge on any atom is 0.416 e. The average Bonchev–Trinajstić information content (AvgIpc) is 2.46. The quantitative estimate of drug-likeness (QED) is 0.686. The van der Waals surface area contributed by atoms with E-state index in [1.54, 1.807) is 14.1 Å². The average molecular weight is 327 g/mol. The fraction of sp³-hybridized carbons (Fsp3) is 0.231. The van der Waals surface area contributed by atoms with Gasteiger partial charge in [0.05, 0.1) is 10.5 Å². The van der Waals surface area contributed by atoms with Gasteiger partial charge in [-0.3, -0.25) is 10.1 Å². The number of benzene rings is 1. The summed E-state index contributed by atoms with van der Waals surface area (Å²) in [5.74, 6) is -0.0205. The number of rotatable bonds is 4. The van der Waals surface area contributed by atoms with Crippen LogP contribution in [0.4, 0.5) is 36.2 Å². The topological polar surface area (TPSA) is 84.2 Å². The van der Waals surface area contributed by atoms with Gasteiger partial charge < -0.3 is 10.2 Å². The van der Waals surface area contributed by atoms with E-state index in [1.165, 1.54) is 17.0 Å². The molecule has 0 aliphatic carbocycles. The van der Waals surface area contributed by atoms with Crippen LogP contribution in [-0.4, -0.2) is 29.0 Å². The third-order valence-electron chi connectivity index (χ3n) is 2.88. The fourth-order valence-electron chi connectivity index (χ4n) is 1.84. The lowest BCUT2D eigenvalue weighted by atomic mass is 10.2. The highest BCUT2D eigenvalue weighted by Crippen LogP contribution is 2.34. The van der Waals surface area contributed by atoms with E-state index in [1.807, 2.05) is 0 Å². The zero-order valence-electron chi connectivity index (χ0n) is 12.1. The summed E-state index contributed by atoms with van der Waals surface area (Å²) in [6.07, 6.45) is -3.31. The van der Waals surface area contributed by atoms with Gasteiger partial charge in [-0.25, -0.2) is 9.97 Å². The number of hydrogen-bond donors (Lipinski definition) is 1.